The Bertz CT molecular complexity index is 404. The molecular weight excluding hydrogens is 236 g/mol. The second kappa shape index (κ2) is 5.81. The third-order valence-corrected chi connectivity index (χ3v) is 3.47. The van der Waals surface area contributed by atoms with Crippen molar-refractivity contribution in [1.29, 1.82) is 0 Å². The highest BCUT2D eigenvalue weighted by Gasteiger charge is 2.27. The first-order valence-corrected chi connectivity index (χ1v) is 6.00. The minimum absolute atomic E-state index is 0.0449. The highest BCUT2D eigenvalue weighted by molar-refractivity contribution is 5.54. The Morgan fingerprint density at radius 3 is 2.61 bits per heavy atom. The summed E-state index contributed by atoms with van der Waals surface area (Å²) in [4.78, 5) is 10.4. The Morgan fingerprint density at radius 1 is 1.56 bits per heavy atom. The van der Waals surface area contributed by atoms with Gasteiger partial charge in [0.2, 0.25) is 5.82 Å². The molecule has 0 aliphatic carbocycles. The maximum atomic E-state index is 10.8. The predicted molar refractivity (Wildman–Crippen MR) is 68.5 cm³/mol. The number of nitrogens with zero attached hydrogens (tertiary/aromatic N) is 3. The van der Waals surface area contributed by atoms with Gasteiger partial charge in [-0.05, 0) is 12.8 Å². The SMILES string of the molecule is CCC(CC)(CO)CNc1nn(C)cc1[N+](=O)[O-]. The van der Waals surface area contributed by atoms with Crippen molar-refractivity contribution in [1.82, 2.24) is 9.78 Å². The molecule has 0 bridgehead atoms. The molecule has 102 valence electrons. The number of anilines is 1. The molecule has 0 spiro atoms. The number of aryl methyl sites for hydroxylation is 1. The number of nitrogens with one attached hydrogen (secondary N) is 1. The zero-order chi connectivity index (χ0) is 13.8. The lowest BCUT2D eigenvalue weighted by atomic mass is 9.83. The van der Waals surface area contributed by atoms with E-state index < -0.39 is 4.92 Å². The van der Waals surface area contributed by atoms with Crippen molar-refractivity contribution in [2.24, 2.45) is 12.5 Å². The van der Waals surface area contributed by atoms with E-state index in [9.17, 15) is 15.2 Å². The average Bonchev–Trinajstić information content (AvgIpc) is 2.73. The molecule has 0 saturated carbocycles. The van der Waals surface area contributed by atoms with Crippen LogP contribution in [0.1, 0.15) is 26.7 Å². The smallest absolute Gasteiger partial charge is 0.330 e. The molecule has 1 aromatic rings. The minimum atomic E-state index is -0.464. The summed E-state index contributed by atoms with van der Waals surface area (Å²) in [6.45, 7) is 4.50. The van der Waals surface area contributed by atoms with Crippen LogP contribution in [0.3, 0.4) is 0 Å². The highest BCUT2D eigenvalue weighted by Crippen LogP contribution is 2.28. The first kappa shape index (κ1) is 14.4. The quantitative estimate of drug-likeness (QED) is 0.570. The molecule has 2 N–H and O–H groups in total. The van der Waals surface area contributed by atoms with Gasteiger partial charge in [-0.25, -0.2) is 0 Å². The van der Waals surface area contributed by atoms with Crippen molar-refractivity contribution >= 4 is 11.5 Å². The number of rotatable bonds is 7. The summed E-state index contributed by atoms with van der Waals surface area (Å²) in [5, 5.41) is 27.3. The molecule has 0 fully saturated rings. The van der Waals surface area contributed by atoms with E-state index in [1.165, 1.54) is 10.9 Å². The van der Waals surface area contributed by atoms with Gasteiger partial charge in [-0.15, -0.1) is 5.10 Å². The number of nitro groups is 1. The Kier molecular flexibility index (Phi) is 4.66. The Balaban J connectivity index is 2.82. The van der Waals surface area contributed by atoms with Crippen LogP contribution in [0, 0.1) is 15.5 Å². The molecule has 0 radical (unpaired) electrons. The monoisotopic (exact) mass is 256 g/mol. The molecule has 0 aliphatic heterocycles. The summed E-state index contributed by atoms with van der Waals surface area (Å²) in [5.41, 5.74) is -0.303. The lowest BCUT2D eigenvalue weighted by Gasteiger charge is -2.29. The van der Waals surface area contributed by atoms with E-state index in [-0.39, 0.29) is 23.5 Å². The fourth-order valence-corrected chi connectivity index (χ4v) is 1.79. The van der Waals surface area contributed by atoms with Gasteiger partial charge >= 0.3 is 5.69 Å². The molecule has 0 saturated heterocycles. The van der Waals surface area contributed by atoms with Crippen molar-refractivity contribution in [3.05, 3.63) is 16.3 Å². The fourth-order valence-electron chi connectivity index (χ4n) is 1.79. The first-order valence-electron chi connectivity index (χ1n) is 6.00. The lowest BCUT2D eigenvalue weighted by Crippen LogP contribution is -2.32. The largest absolute Gasteiger partial charge is 0.396 e. The van der Waals surface area contributed by atoms with Crippen molar-refractivity contribution in [2.75, 3.05) is 18.5 Å². The molecule has 0 unspecified atom stereocenters. The predicted octanol–water partition coefficient (Wildman–Crippen LogP) is 1.54. The van der Waals surface area contributed by atoms with Gasteiger partial charge in [0.15, 0.2) is 0 Å². The van der Waals surface area contributed by atoms with Gasteiger partial charge in [-0.3, -0.25) is 14.8 Å². The average molecular weight is 256 g/mol. The zero-order valence-corrected chi connectivity index (χ0v) is 11.0. The van der Waals surface area contributed by atoms with Crippen LogP contribution in [0.25, 0.3) is 0 Å². The summed E-state index contributed by atoms with van der Waals surface area (Å²) in [7, 11) is 1.64. The van der Waals surface area contributed by atoms with E-state index in [1.807, 2.05) is 13.8 Å². The maximum Gasteiger partial charge on any atom is 0.330 e. The number of aliphatic hydroxyl groups excluding tert-OH is 1. The van der Waals surface area contributed by atoms with Crippen LogP contribution >= 0.6 is 0 Å². The van der Waals surface area contributed by atoms with Crippen molar-refractivity contribution in [3.63, 3.8) is 0 Å². The minimum Gasteiger partial charge on any atom is -0.396 e. The van der Waals surface area contributed by atoms with Crippen LogP contribution in [0.2, 0.25) is 0 Å². The van der Waals surface area contributed by atoms with E-state index in [2.05, 4.69) is 10.4 Å². The molecule has 7 heteroatoms. The molecule has 1 heterocycles. The van der Waals surface area contributed by atoms with Crippen molar-refractivity contribution < 1.29 is 10.0 Å². The van der Waals surface area contributed by atoms with Gasteiger partial charge in [-0.2, -0.15) is 0 Å². The lowest BCUT2D eigenvalue weighted by molar-refractivity contribution is -0.384. The highest BCUT2D eigenvalue weighted by atomic mass is 16.6. The fraction of sp³-hybridized carbons (Fsp3) is 0.727. The molecule has 0 atom stereocenters. The molecular formula is C11H20N4O3. The summed E-state index contributed by atoms with van der Waals surface area (Å²) in [6, 6.07) is 0. The van der Waals surface area contributed by atoms with E-state index in [4.69, 9.17) is 0 Å². The summed E-state index contributed by atoms with van der Waals surface area (Å²) in [6.07, 6.45) is 2.96. The third kappa shape index (κ3) is 2.98. The summed E-state index contributed by atoms with van der Waals surface area (Å²) in [5.74, 6) is 0.252. The maximum absolute atomic E-state index is 10.8. The normalized spacial score (nSPS) is 11.6. The van der Waals surface area contributed by atoms with Crippen molar-refractivity contribution in [3.8, 4) is 0 Å². The van der Waals surface area contributed by atoms with Gasteiger partial charge in [0.1, 0.15) is 6.20 Å². The Hall–Kier alpha value is -1.63. The summed E-state index contributed by atoms with van der Waals surface area (Å²) < 4.78 is 1.40. The standard InChI is InChI=1S/C11H20N4O3/c1-4-11(5-2,8-16)7-12-10-9(15(17)18)6-14(3)13-10/h6,16H,4-5,7-8H2,1-3H3,(H,12,13). The molecule has 7 nitrogen and oxygen atoms in total. The second-order valence-electron chi connectivity index (χ2n) is 4.51. The molecule has 0 aromatic carbocycles. The van der Waals surface area contributed by atoms with Crippen LogP contribution in [0.5, 0.6) is 0 Å². The van der Waals surface area contributed by atoms with Crippen LogP contribution in [0.4, 0.5) is 11.5 Å². The van der Waals surface area contributed by atoms with E-state index in [0.29, 0.717) is 6.54 Å². The number of aliphatic hydroxyl groups is 1. The third-order valence-electron chi connectivity index (χ3n) is 3.47. The molecule has 0 aliphatic rings. The van der Waals surface area contributed by atoms with E-state index in [1.54, 1.807) is 7.05 Å². The summed E-state index contributed by atoms with van der Waals surface area (Å²) >= 11 is 0. The van der Waals surface area contributed by atoms with E-state index >= 15 is 0 Å². The van der Waals surface area contributed by atoms with Gasteiger partial charge in [-0.1, -0.05) is 13.8 Å². The molecule has 0 amide bonds. The number of hydrogen-bond donors (Lipinski definition) is 2. The van der Waals surface area contributed by atoms with Crippen molar-refractivity contribution in [2.45, 2.75) is 26.7 Å². The number of hydrogen-bond acceptors (Lipinski definition) is 5. The van der Waals surface area contributed by atoms with Crippen LogP contribution < -0.4 is 5.32 Å². The van der Waals surface area contributed by atoms with E-state index in [0.717, 1.165) is 12.8 Å². The van der Waals surface area contributed by atoms with Gasteiger partial charge < -0.3 is 10.4 Å². The van der Waals surface area contributed by atoms with Gasteiger partial charge in [0, 0.05) is 19.0 Å². The molecule has 18 heavy (non-hydrogen) atoms. The van der Waals surface area contributed by atoms with Crippen LogP contribution in [-0.4, -0.2) is 33.0 Å². The zero-order valence-electron chi connectivity index (χ0n) is 11.0. The van der Waals surface area contributed by atoms with Gasteiger partial charge in [0.25, 0.3) is 0 Å². The number of aromatic nitrogens is 2. The van der Waals surface area contributed by atoms with Crippen LogP contribution in [-0.2, 0) is 7.05 Å². The Labute approximate surface area is 106 Å². The Morgan fingerprint density at radius 2 is 2.17 bits per heavy atom. The topological polar surface area (TPSA) is 93.2 Å². The van der Waals surface area contributed by atoms with Crippen LogP contribution in [0.15, 0.2) is 6.20 Å². The second-order valence-corrected chi connectivity index (χ2v) is 4.51. The molecule has 1 rings (SSSR count). The van der Waals surface area contributed by atoms with Gasteiger partial charge in [0.05, 0.1) is 11.5 Å². The first-order chi connectivity index (χ1) is 8.48. The molecule has 1 aromatic heterocycles.